The summed E-state index contributed by atoms with van der Waals surface area (Å²) in [6, 6.07) is 0.595. The number of hydrogen-bond donors (Lipinski definition) is 2. The fourth-order valence-electron chi connectivity index (χ4n) is 1.98. The molecular weight excluding hydrogens is 222 g/mol. The summed E-state index contributed by atoms with van der Waals surface area (Å²) in [5, 5.41) is 2.88. The Balaban J connectivity index is 2.20. The van der Waals surface area contributed by atoms with E-state index in [1.54, 1.807) is 0 Å². The number of nitrogens with one attached hydrogen (secondary N) is 1. The largest absolute Gasteiger partial charge is 0.393 e. The van der Waals surface area contributed by atoms with E-state index in [0.717, 1.165) is 26.1 Å². The molecule has 16 heavy (non-hydrogen) atoms. The van der Waals surface area contributed by atoms with Crippen molar-refractivity contribution >= 4 is 23.1 Å². The van der Waals surface area contributed by atoms with Crippen LogP contribution in [0.3, 0.4) is 0 Å². The molecule has 0 aliphatic carbocycles. The first-order valence-electron chi connectivity index (χ1n) is 5.78. The highest BCUT2D eigenvalue weighted by atomic mass is 32.1. The summed E-state index contributed by atoms with van der Waals surface area (Å²) in [5.74, 6) is 0.508. The van der Waals surface area contributed by atoms with Crippen molar-refractivity contribution in [2.24, 2.45) is 11.7 Å². The van der Waals surface area contributed by atoms with Crippen molar-refractivity contribution in [1.82, 2.24) is 10.2 Å². The molecule has 0 aromatic rings. The van der Waals surface area contributed by atoms with Crippen LogP contribution >= 0.6 is 12.2 Å². The first kappa shape index (κ1) is 13.4. The van der Waals surface area contributed by atoms with E-state index in [9.17, 15) is 4.79 Å². The lowest BCUT2D eigenvalue weighted by molar-refractivity contribution is -0.120. The van der Waals surface area contributed by atoms with Gasteiger partial charge >= 0.3 is 0 Å². The summed E-state index contributed by atoms with van der Waals surface area (Å²) in [7, 11) is 0. The fraction of sp³-hybridized carbons (Fsp3) is 0.818. The van der Waals surface area contributed by atoms with Crippen LogP contribution in [0.2, 0.25) is 0 Å². The summed E-state index contributed by atoms with van der Waals surface area (Å²) in [4.78, 5) is 14.0. The summed E-state index contributed by atoms with van der Waals surface area (Å²) in [6.07, 6.45) is 1.32. The summed E-state index contributed by atoms with van der Waals surface area (Å²) < 4.78 is 0. The van der Waals surface area contributed by atoms with E-state index in [1.165, 1.54) is 0 Å². The highest BCUT2D eigenvalue weighted by molar-refractivity contribution is 7.80. The minimum Gasteiger partial charge on any atom is -0.393 e. The Morgan fingerprint density at radius 1 is 1.62 bits per heavy atom. The molecule has 1 unspecified atom stereocenters. The molecule has 0 radical (unpaired) electrons. The Kier molecular flexibility index (Phi) is 5.15. The second-order valence-corrected chi connectivity index (χ2v) is 5.21. The number of thiocarbonyl (C=S) groups is 1. The molecule has 0 aromatic heterocycles. The van der Waals surface area contributed by atoms with Crippen LogP contribution in [-0.2, 0) is 4.79 Å². The van der Waals surface area contributed by atoms with E-state index in [4.69, 9.17) is 5.73 Å². The van der Waals surface area contributed by atoms with Crippen LogP contribution in [-0.4, -0.2) is 41.5 Å². The Morgan fingerprint density at radius 3 is 2.81 bits per heavy atom. The number of carbonyl (C=O) groups is 1. The minimum atomic E-state index is -0.0597. The maximum absolute atomic E-state index is 11.3. The lowest BCUT2D eigenvalue weighted by Crippen LogP contribution is -2.34. The number of nitrogens with two attached hydrogens (primary N) is 1. The molecule has 1 atom stereocenters. The third-order valence-corrected chi connectivity index (χ3v) is 3.11. The molecular formula is C11H21N3OS. The second-order valence-electron chi connectivity index (χ2n) is 4.69. The Labute approximate surface area is 103 Å². The summed E-state index contributed by atoms with van der Waals surface area (Å²) >= 11 is 4.68. The molecule has 1 aliphatic rings. The van der Waals surface area contributed by atoms with Crippen molar-refractivity contribution in [3.8, 4) is 0 Å². The molecule has 0 saturated carbocycles. The molecule has 1 amide bonds. The summed E-state index contributed by atoms with van der Waals surface area (Å²) in [6.45, 7) is 7.35. The van der Waals surface area contributed by atoms with Gasteiger partial charge < -0.3 is 16.0 Å². The fourth-order valence-corrected chi connectivity index (χ4v) is 2.11. The SMILES string of the molecule is CC(C)N1CCC(CNC(=O)CC(N)=S)C1. The van der Waals surface area contributed by atoms with Gasteiger partial charge in [0.05, 0.1) is 11.4 Å². The molecule has 1 aliphatic heterocycles. The van der Waals surface area contributed by atoms with E-state index in [0.29, 0.717) is 12.0 Å². The van der Waals surface area contributed by atoms with Crippen LogP contribution in [0.4, 0.5) is 0 Å². The van der Waals surface area contributed by atoms with Crippen LogP contribution in [0.25, 0.3) is 0 Å². The van der Waals surface area contributed by atoms with Gasteiger partial charge in [-0.05, 0) is 32.7 Å². The predicted octanol–water partition coefficient (Wildman–Crippen LogP) is 0.509. The standard InChI is InChI=1S/C11H21N3OS/c1-8(2)14-4-3-9(7-14)6-13-11(15)5-10(12)16/h8-9H,3-7H2,1-2H3,(H2,12,16)(H,13,15). The number of amides is 1. The topological polar surface area (TPSA) is 58.4 Å². The van der Waals surface area contributed by atoms with Gasteiger partial charge in [0.25, 0.3) is 0 Å². The van der Waals surface area contributed by atoms with Gasteiger partial charge in [0.15, 0.2) is 0 Å². The molecule has 3 N–H and O–H groups in total. The van der Waals surface area contributed by atoms with Crippen molar-refractivity contribution in [1.29, 1.82) is 0 Å². The van der Waals surface area contributed by atoms with Gasteiger partial charge in [-0.1, -0.05) is 12.2 Å². The third-order valence-electron chi connectivity index (χ3n) is 2.97. The van der Waals surface area contributed by atoms with Crippen LogP contribution in [0.1, 0.15) is 26.7 Å². The molecule has 4 nitrogen and oxygen atoms in total. The van der Waals surface area contributed by atoms with Crippen molar-refractivity contribution in [3.63, 3.8) is 0 Å². The van der Waals surface area contributed by atoms with E-state index in [2.05, 4.69) is 36.3 Å². The van der Waals surface area contributed by atoms with Gasteiger partial charge in [0.2, 0.25) is 5.91 Å². The van der Waals surface area contributed by atoms with Crippen LogP contribution < -0.4 is 11.1 Å². The smallest absolute Gasteiger partial charge is 0.226 e. The van der Waals surface area contributed by atoms with Crippen LogP contribution in [0, 0.1) is 5.92 Å². The zero-order chi connectivity index (χ0) is 12.1. The third kappa shape index (κ3) is 4.45. The number of likely N-dealkylation sites (tertiary alicyclic amines) is 1. The van der Waals surface area contributed by atoms with E-state index >= 15 is 0 Å². The van der Waals surface area contributed by atoms with E-state index in [1.807, 2.05) is 0 Å². The number of hydrogen-bond acceptors (Lipinski definition) is 3. The van der Waals surface area contributed by atoms with Crippen molar-refractivity contribution in [2.45, 2.75) is 32.7 Å². The molecule has 1 fully saturated rings. The lowest BCUT2D eigenvalue weighted by atomic mass is 10.1. The zero-order valence-corrected chi connectivity index (χ0v) is 10.8. The molecule has 0 aromatic carbocycles. The van der Waals surface area contributed by atoms with Gasteiger partial charge in [-0.15, -0.1) is 0 Å². The average Bonchev–Trinajstić information content (AvgIpc) is 2.61. The molecule has 0 bridgehead atoms. The van der Waals surface area contributed by atoms with Crippen molar-refractivity contribution in [3.05, 3.63) is 0 Å². The molecule has 5 heteroatoms. The number of carbonyl (C=O) groups excluding carboxylic acids is 1. The first-order valence-corrected chi connectivity index (χ1v) is 6.19. The molecule has 1 heterocycles. The van der Waals surface area contributed by atoms with Crippen molar-refractivity contribution in [2.75, 3.05) is 19.6 Å². The number of nitrogens with zero attached hydrogens (tertiary/aromatic N) is 1. The highest BCUT2D eigenvalue weighted by Crippen LogP contribution is 2.17. The Bertz CT molecular complexity index is 268. The van der Waals surface area contributed by atoms with Crippen molar-refractivity contribution < 1.29 is 4.79 Å². The average molecular weight is 243 g/mol. The lowest BCUT2D eigenvalue weighted by Gasteiger charge is -2.20. The maximum Gasteiger partial charge on any atom is 0.226 e. The van der Waals surface area contributed by atoms with E-state index in [-0.39, 0.29) is 17.3 Å². The molecule has 1 saturated heterocycles. The van der Waals surface area contributed by atoms with Gasteiger partial charge in [0, 0.05) is 19.1 Å². The van der Waals surface area contributed by atoms with Crippen LogP contribution in [0.5, 0.6) is 0 Å². The van der Waals surface area contributed by atoms with Gasteiger partial charge in [-0.25, -0.2) is 0 Å². The summed E-state index contributed by atoms with van der Waals surface area (Å²) in [5.41, 5.74) is 5.30. The zero-order valence-electron chi connectivity index (χ0n) is 10.0. The van der Waals surface area contributed by atoms with Gasteiger partial charge in [-0.2, -0.15) is 0 Å². The van der Waals surface area contributed by atoms with E-state index < -0.39 is 0 Å². The van der Waals surface area contributed by atoms with Crippen LogP contribution in [0.15, 0.2) is 0 Å². The maximum atomic E-state index is 11.3. The molecule has 1 rings (SSSR count). The predicted molar refractivity (Wildman–Crippen MR) is 69.2 cm³/mol. The molecule has 0 spiro atoms. The Hall–Kier alpha value is -0.680. The quantitative estimate of drug-likeness (QED) is 0.691. The van der Waals surface area contributed by atoms with Gasteiger partial charge in [-0.3, -0.25) is 4.79 Å². The second kappa shape index (κ2) is 6.15. The molecule has 92 valence electrons. The monoisotopic (exact) mass is 243 g/mol. The highest BCUT2D eigenvalue weighted by Gasteiger charge is 2.24. The first-order chi connectivity index (χ1) is 7.49. The Morgan fingerprint density at radius 2 is 2.31 bits per heavy atom. The number of rotatable bonds is 5. The van der Waals surface area contributed by atoms with Gasteiger partial charge in [0.1, 0.15) is 0 Å². The normalized spacial score (nSPS) is 21.3. The minimum absolute atomic E-state index is 0.0597.